The van der Waals surface area contributed by atoms with Crippen molar-refractivity contribution in [2.24, 2.45) is 0 Å². The molecule has 7 heteroatoms. The molecule has 0 saturated heterocycles. The second-order valence-electron chi connectivity index (χ2n) is 5.14. The van der Waals surface area contributed by atoms with Crippen molar-refractivity contribution in [1.29, 1.82) is 0 Å². The fourth-order valence-electron chi connectivity index (χ4n) is 2.23. The van der Waals surface area contributed by atoms with E-state index >= 15 is 0 Å². The lowest BCUT2D eigenvalue weighted by Gasteiger charge is -2.03. The molecule has 23 heavy (non-hydrogen) atoms. The van der Waals surface area contributed by atoms with Crippen LogP contribution < -0.4 is 10.9 Å². The summed E-state index contributed by atoms with van der Waals surface area (Å²) in [6.07, 6.45) is 3.85. The summed E-state index contributed by atoms with van der Waals surface area (Å²) in [5.74, 6) is 0. The van der Waals surface area contributed by atoms with E-state index in [0.29, 0.717) is 16.6 Å². The topological polar surface area (TPSA) is 59.3 Å². The molecule has 0 spiro atoms. The van der Waals surface area contributed by atoms with Gasteiger partial charge in [-0.25, -0.2) is 4.98 Å². The lowest BCUT2D eigenvalue weighted by molar-refractivity contribution is 0.839. The number of fused-ring (bicyclic) bond motifs is 1. The summed E-state index contributed by atoms with van der Waals surface area (Å²) >= 11 is 3.13. The third-order valence-electron chi connectivity index (χ3n) is 3.41. The van der Waals surface area contributed by atoms with Gasteiger partial charge in [0.25, 0.3) is 5.56 Å². The lowest BCUT2D eigenvalue weighted by Crippen LogP contribution is -2.15. The van der Waals surface area contributed by atoms with E-state index < -0.39 is 0 Å². The molecule has 0 aliphatic rings. The molecule has 0 bridgehead atoms. The first-order valence-electron chi connectivity index (χ1n) is 7.46. The molecule has 0 radical (unpaired) electrons. The molecule has 0 fully saturated rings. The van der Waals surface area contributed by atoms with Crippen molar-refractivity contribution in [3.8, 4) is 0 Å². The maximum atomic E-state index is 12.1. The Balaban J connectivity index is 1.77. The summed E-state index contributed by atoms with van der Waals surface area (Å²) in [7, 11) is 0. The van der Waals surface area contributed by atoms with Crippen LogP contribution in [-0.4, -0.2) is 20.9 Å². The van der Waals surface area contributed by atoms with Crippen molar-refractivity contribution in [2.45, 2.75) is 31.2 Å². The SMILES string of the molecule is CCCc1cc(=O)n2nc(NCc3ccc(SC)cc3)sc2n1. The van der Waals surface area contributed by atoms with Gasteiger partial charge in [-0.2, -0.15) is 4.52 Å². The molecule has 3 aromatic rings. The van der Waals surface area contributed by atoms with Crippen LogP contribution >= 0.6 is 23.1 Å². The van der Waals surface area contributed by atoms with E-state index in [1.165, 1.54) is 26.3 Å². The van der Waals surface area contributed by atoms with E-state index in [2.05, 4.69) is 52.8 Å². The van der Waals surface area contributed by atoms with Crippen LogP contribution in [0, 0.1) is 0 Å². The van der Waals surface area contributed by atoms with Crippen molar-refractivity contribution < 1.29 is 0 Å². The molecule has 0 saturated carbocycles. The second kappa shape index (κ2) is 7.14. The third-order valence-corrected chi connectivity index (χ3v) is 5.02. The van der Waals surface area contributed by atoms with Gasteiger partial charge in [-0.3, -0.25) is 4.79 Å². The number of hydrogen-bond acceptors (Lipinski definition) is 6. The van der Waals surface area contributed by atoms with E-state index in [4.69, 9.17) is 0 Å². The van der Waals surface area contributed by atoms with Gasteiger partial charge >= 0.3 is 0 Å². The second-order valence-corrected chi connectivity index (χ2v) is 6.97. The van der Waals surface area contributed by atoms with Crippen LogP contribution in [0.1, 0.15) is 24.6 Å². The van der Waals surface area contributed by atoms with Crippen molar-refractivity contribution in [2.75, 3.05) is 11.6 Å². The van der Waals surface area contributed by atoms with E-state index in [0.717, 1.165) is 18.5 Å². The van der Waals surface area contributed by atoms with Gasteiger partial charge in [0, 0.05) is 23.2 Å². The standard InChI is InChI=1S/C16H18N4OS2/c1-3-4-12-9-14(21)20-16(18-12)23-15(19-20)17-10-11-5-7-13(22-2)8-6-11/h5-9H,3-4,10H2,1-2H3,(H,17,19). The molecule has 3 rings (SSSR count). The normalized spacial score (nSPS) is 11.0. The monoisotopic (exact) mass is 346 g/mol. The number of nitrogens with zero attached hydrogens (tertiary/aromatic N) is 3. The van der Waals surface area contributed by atoms with Crippen LogP contribution in [0.15, 0.2) is 40.0 Å². The average molecular weight is 346 g/mol. The molecule has 1 aromatic carbocycles. The summed E-state index contributed by atoms with van der Waals surface area (Å²) in [5, 5.41) is 8.28. The molecule has 2 aromatic heterocycles. The minimum Gasteiger partial charge on any atom is -0.356 e. The zero-order valence-electron chi connectivity index (χ0n) is 13.1. The molecule has 0 unspecified atom stereocenters. The van der Waals surface area contributed by atoms with Gasteiger partial charge in [0.15, 0.2) is 0 Å². The number of nitrogens with one attached hydrogen (secondary N) is 1. The van der Waals surface area contributed by atoms with Crippen molar-refractivity contribution >= 4 is 33.2 Å². The summed E-state index contributed by atoms with van der Waals surface area (Å²) in [5.41, 5.74) is 1.89. The van der Waals surface area contributed by atoms with Gasteiger partial charge in [-0.05, 0) is 30.4 Å². The Morgan fingerprint density at radius 2 is 2.09 bits per heavy atom. The number of aryl methyl sites for hydroxylation is 1. The summed E-state index contributed by atoms with van der Waals surface area (Å²) < 4.78 is 1.36. The number of hydrogen-bond donors (Lipinski definition) is 1. The van der Waals surface area contributed by atoms with E-state index in [-0.39, 0.29) is 5.56 Å². The first-order chi connectivity index (χ1) is 11.2. The summed E-state index contributed by atoms with van der Waals surface area (Å²) in [4.78, 5) is 18.5. The molecular formula is C16H18N4OS2. The van der Waals surface area contributed by atoms with Crippen molar-refractivity contribution in [3.63, 3.8) is 0 Å². The van der Waals surface area contributed by atoms with Gasteiger partial charge in [0.05, 0.1) is 0 Å². The van der Waals surface area contributed by atoms with Crippen molar-refractivity contribution in [3.05, 3.63) is 51.9 Å². The maximum absolute atomic E-state index is 12.1. The molecule has 0 aliphatic heterocycles. The zero-order valence-corrected chi connectivity index (χ0v) is 14.7. The minimum atomic E-state index is -0.118. The highest BCUT2D eigenvalue weighted by Gasteiger charge is 2.08. The maximum Gasteiger partial charge on any atom is 0.275 e. The fourth-order valence-corrected chi connectivity index (χ4v) is 3.46. The number of aromatic nitrogens is 3. The van der Waals surface area contributed by atoms with Gasteiger partial charge in [0.2, 0.25) is 10.1 Å². The fraction of sp³-hybridized carbons (Fsp3) is 0.312. The van der Waals surface area contributed by atoms with Crippen LogP contribution in [0.5, 0.6) is 0 Å². The largest absolute Gasteiger partial charge is 0.356 e. The molecule has 1 N–H and O–H groups in total. The Labute approximate surface area is 142 Å². The highest BCUT2D eigenvalue weighted by Crippen LogP contribution is 2.19. The van der Waals surface area contributed by atoms with E-state index in [1.807, 2.05) is 0 Å². The Kier molecular flexibility index (Phi) is 4.97. The Morgan fingerprint density at radius 1 is 1.30 bits per heavy atom. The first kappa shape index (κ1) is 16.0. The van der Waals surface area contributed by atoms with Gasteiger partial charge in [-0.15, -0.1) is 16.9 Å². The minimum absolute atomic E-state index is 0.118. The number of rotatable bonds is 6. The third kappa shape index (κ3) is 3.73. The highest BCUT2D eigenvalue weighted by atomic mass is 32.2. The number of anilines is 1. The Morgan fingerprint density at radius 3 is 2.78 bits per heavy atom. The lowest BCUT2D eigenvalue weighted by atomic mass is 10.2. The van der Waals surface area contributed by atoms with Crippen LogP contribution in [0.3, 0.4) is 0 Å². The molecule has 120 valence electrons. The number of thioether (sulfide) groups is 1. The van der Waals surface area contributed by atoms with Gasteiger partial charge < -0.3 is 5.32 Å². The Bertz CT molecular complexity index is 855. The smallest absolute Gasteiger partial charge is 0.275 e. The molecule has 0 aliphatic carbocycles. The van der Waals surface area contributed by atoms with Crippen molar-refractivity contribution in [1.82, 2.24) is 14.6 Å². The van der Waals surface area contributed by atoms with Gasteiger partial charge in [-0.1, -0.05) is 36.8 Å². The van der Waals surface area contributed by atoms with Crippen LogP contribution in [0.2, 0.25) is 0 Å². The number of benzene rings is 1. The molecule has 0 amide bonds. The van der Waals surface area contributed by atoms with Crippen LogP contribution in [-0.2, 0) is 13.0 Å². The molecule has 2 heterocycles. The van der Waals surface area contributed by atoms with E-state index in [1.54, 1.807) is 17.8 Å². The summed E-state index contributed by atoms with van der Waals surface area (Å²) in [6.45, 7) is 2.75. The predicted molar refractivity (Wildman–Crippen MR) is 96.7 cm³/mol. The molecule has 5 nitrogen and oxygen atoms in total. The first-order valence-corrected chi connectivity index (χ1v) is 9.50. The summed E-state index contributed by atoms with van der Waals surface area (Å²) in [6, 6.07) is 9.96. The quantitative estimate of drug-likeness (QED) is 0.693. The van der Waals surface area contributed by atoms with Gasteiger partial charge in [0.1, 0.15) is 0 Å². The van der Waals surface area contributed by atoms with Crippen LogP contribution in [0.4, 0.5) is 5.13 Å². The van der Waals surface area contributed by atoms with Crippen LogP contribution in [0.25, 0.3) is 4.96 Å². The zero-order chi connectivity index (χ0) is 16.2. The molecule has 0 atom stereocenters. The highest BCUT2D eigenvalue weighted by molar-refractivity contribution is 7.98. The Hall–Kier alpha value is -1.86. The average Bonchev–Trinajstić information content (AvgIpc) is 2.97. The predicted octanol–water partition coefficient (Wildman–Crippen LogP) is 3.44. The van der Waals surface area contributed by atoms with E-state index in [9.17, 15) is 4.79 Å². The molecular weight excluding hydrogens is 328 g/mol.